The van der Waals surface area contributed by atoms with Crippen molar-refractivity contribution >= 4 is 71.4 Å². The van der Waals surface area contributed by atoms with Crippen molar-refractivity contribution in [1.82, 2.24) is 25.8 Å². The molecule has 3 aromatic carbocycles. The molecule has 0 radical (unpaired) electrons. The summed E-state index contributed by atoms with van der Waals surface area (Å²) in [5.74, 6) is -3.37. The van der Waals surface area contributed by atoms with Gasteiger partial charge in [0.2, 0.25) is 17.8 Å². The van der Waals surface area contributed by atoms with Crippen LogP contribution in [0.3, 0.4) is 0 Å². The van der Waals surface area contributed by atoms with Crippen molar-refractivity contribution in [3.63, 3.8) is 0 Å². The number of rotatable bonds is 15. The minimum atomic E-state index is -1.21. The third-order valence-corrected chi connectivity index (χ3v) is 8.59. The van der Waals surface area contributed by atoms with Crippen molar-refractivity contribution in [3.8, 4) is 5.75 Å². The van der Waals surface area contributed by atoms with Crippen LogP contribution in [0.5, 0.6) is 5.75 Å². The zero-order valence-corrected chi connectivity index (χ0v) is 31.9. The molecule has 1 aliphatic heterocycles. The SMILES string of the molecule is COC(=O)NC(=N)Nc1ccc(C(=O)NC(Cc2ccc(OC)cc2)C(=O)N2CCN(CC(=O)O)C(=O)[C@@H]2CCCNC(=O)c2ccc(NC(=N)N)cc2)cc1.Cl. The van der Waals surface area contributed by atoms with E-state index in [4.69, 9.17) is 21.3 Å². The number of piperazine rings is 1. The summed E-state index contributed by atoms with van der Waals surface area (Å²) in [6.07, 6.45) is -0.468. The third-order valence-electron chi connectivity index (χ3n) is 8.59. The van der Waals surface area contributed by atoms with E-state index in [0.29, 0.717) is 28.3 Å². The smallest absolute Gasteiger partial charge is 0.413 e. The summed E-state index contributed by atoms with van der Waals surface area (Å²) >= 11 is 0. The normalized spacial score (nSPS) is 13.9. The van der Waals surface area contributed by atoms with Crippen molar-refractivity contribution in [3.05, 3.63) is 89.5 Å². The number of carbonyl (C=O) groups excluding carboxylic acids is 5. The van der Waals surface area contributed by atoms with E-state index >= 15 is 0 Å². The Hall–Kier alpha value is -6.89. The second-order valence-corrected chi connectivity index (χ2v) is 12.5. The first-order valence-electron chi connectivity index (χ1n) is 17.3. The predicted octanol–water partition coefficient (Wildman–Crippen LogP) is 1.80. The Morgan fingerprint density at radius 2 is 1.47 bits per heavy atom. The highest BCUT2D eigenvalue weighted by Crippen LogP contribution is 2.21. The topological polar surface area (TPSA) is 281 Å². The number of hydrogen-bond acceptors (Lipinski definition) is 10. The van der Waals surface area contributed by atoms with Crippen LogP contribution < -0.4 is 37.1 Å². The monoisotopic (exact) mass is 808 g/mol. The number of aliphatic carboxylic acids is 1. The van der Waals surface area contributed by atoms with E-state index < -0.39 is 54.3 Å². The second kappa shape index (κ2) is 21.3. The molecule has 57 heavy (non-hydrogen) atoms. The van der Waals surface area contributed by atoms with Gasteiger partial charge < -0.3 is 51.4 Å². The fraction of sp³-hybridized carbons (Fsp3) is 0.297. The quantitative estimate of drug-likeness (QED) is 0.0604. The number of methoxy groups -OCH3 is 2. The molecule has 0 saturated carbocycles. The molecule has 1 fully saturated rings. The summed E-state index contributed by atoms with van der Waals surface area (Å²) in [6, 6.07) is 16.9. The van der Waals surface area contributed by atoms with Gasteiger partial charge in [-0.25, -0.2) is 4.79 Å². The fourth-order valence-electron chi connectivity index (χ4n) is 5.83. The van der Waals surface area contributed by atoms with E-state index in [9.17, 15) is 33.9 Å². The Morgan fingerprint density at radius 1 is 0.877 bits per heavy atom. The Labute approximate surface area is 334 Å². The van der Waals surface area contributed by atoms with Crippen LogP contribution in [0.15, 0.2) is 72.8 Å². The van der Waals surface area contributed by atoms with E-state index in [1.807, 2.05) is 0 Å². The van der Waals surface area contributed by atoms with Crippen molar-refractivity contribution in [2.75, 3.05) is 51.0 Å². The molecule has 304 valence electrons. The zero-order valence-electron chi connectivity index (χ0n) is 31.1. The first kappa shape index (κ1) is 44.5. The molecule has 0 aromatic heterocycles. The van der Waals surface area contributed by atoms with Gasteiger partial charge in [-0.3, -0.25) is 40.1 Å². The van der Waals surface area contributed by atoms with Crippen LogP contribution in [0.1, 0.15) is 39.1 Å². The Bertz CT molecular complexity index is 1930. The van der Waals surface area contributed by atoms with Crippen molar-refractivity contribution in [2.45, 2.75) is 31.3 Å². The number of benzene rings is 3. The lowest BCUT2D eigenvalue weighted by Gasteiger charge is -2.41. The molecule has 1 aliphatic rings. The molecule has 0 bridgehead atoms. The van der Waals surface area contributed by atoms with Gasteiger partial charge in [0.05, 0.1) is 14.2 Å². The van der Waals surface area contributed by atoms with E-state index in [2.05, 4.69) is 31.3 Å². The van der Waals surface area contributed by atoms with Gasteiger partial charge in [-0.05, 0) is 79.1 Å². The van der Waals surface area contributed by atoms with Crippen LogP contribution in [0.2, 0.25) is 0 Å². The molecule has 1 heterocycles. The lowest BCUT2D eigenvalue weighted by Crippen LogP contribution is -2.63. The number of amides is 5. The van der Waals surface area contributed by atoms with Gasteiger partial charge in [-0.2, -0.15) is 0 Å². The zero-order chi connectivity index (χ0) is 40.8. The number of nitrogens with two attached hydrogens (primary N) is 1. The largest absolute Gasteiger partial charge is 0.497 e. The number of nitrogens with zero attached hydrogens (tertiary/aromatic N) is 2. The minimum absolute atomic E-state index is 0. The molecule has 0 spiro atoms. The molecule has 4 rings (SSSR count). The number of carboxylic acid groups (broad SMARTS) is 1. The van der Waals surface area contributed by atoms with Crippen LogP contribution in [-0.2, 0) is 25.5 Å². The van der Waals surface area contributed by atoms with Gasteiger partial charge in [0, 0.05) is 48.6 Å². The Balaban J connectivity index is 0.00000870. The fourth-order valence-corrected chi connectivity index (χ4v) is 5.83. The van der Waals surface area contributed by atoms with Crippen molar-refractivity contribution < 1.29 is 43.3 Å². The van der Waals surface area contributed by atoms with Gasteiger partial charge in [0.15, 0.2) is 5.96 Å². The molecule has 19 nitrogen and oxygen atoms in total. The number of hydrogen-bond donors (Lipinski definition) is 9. The predicted molar refractivity (Wildman–Crippen MR) is 212 cm³/mol. The summed E-state index contributed by atoms with van der Waals surface area (Å²) in [5, 5.41) is 37.6. The summed E-state index contributed by atoms with van der Waals surface area (Å²) in [6.45, 7) is -0.476. The first-order valence-corrected chi connectivity index (χ1v) is 17.3. The lowest BCUT2D eigenvalue weighted by molar-refractivity contribution is -0.156. The van der Waals surface area contributed by atoms with Gasteiger partial charge in [-0.1, -0.05) is 12.1 Å². The maximum absolute atomic E-state index is 14.4. The number of ether oxygens (including phenoxy) is 2. The Morgan fingerprint density at radius 3 is 2.04 bits per heavy atom. The van der Waals surface area contributed by atoms with Gasteiger partial charge in [0.25, 0.3) is 11.8 Å². The van der Waals surface area contributed by atoms with E-state index in [0.717, 1.165) is 7.11 Å². The summed E-state index contributed by atoms with van der Waals surface area (Å²) in [7, 11) is 2.67. The molecular formula is C37H45ClN10O9. The number of halogens is 1. The molecular weight excluding hydrogens is 764 g/mol. The van der Waals surface area contributed by atoms with Crippen LogP contribution >= 0.6 is 12.4 Å². The van der Waals surface area contributed by atoms with E-state index in [1.54, 1.807) is 48.5 Å². The molecule has 20 heteroatoms. The van der Waals surface area contributed by atoms with Crippen LogP contribution in [0, 0.1) is 10.8 Å². The maximum atomic E-state index is 14.4. The number of carbonyl (C=O) groups is 6. The number of carboxylic acids is 1. The highest BCUT2D eigenvalue weighted by Gasteiger charge is 2.40. The molecule has 1 unspecified atom stereocenters. The Kier molecular flexibility index (Phi) is 16.6. The highest BCUT2D eigenvalue weighted by atomic mass is 35.5. The lowest BCUT2D eigenvalue weighted by atomic mass is 9.99. The molecule has 3 aromatic rings. The van der Waals surface area contributed by atoms with Crippen LogP contribution in [-0.4, -0.2) is 115 Å². The van der Waals surface area contributed by atoms with Gasteiger partial charge in [0.1, 0.15) is 24.4 Å². The third kappa shape index (κ3) is 13.1. The average molecular weight is 809 g/mol. The van der Waals surface area contributed by atoms with Crippen molar-refractivity contribution in [1.29, 1.82) is 10.8 Å². The number of guanidine groups is 2. The molecule has 2 atom stereocenters. The average Bonchev–Trinajstić information content (AvgIpc) is 3.17. The minimum Gasteiger partial charge on any atom is -0.497 e. The maximum Gasteiger partial charge on any atom is 0.413 e. The second-order valence-electron chi connectivity index (χ2n) is 12.5. The first-order chi connectivity index (χ1) is 26.8. The summed E-state index contributed by atoms with van der Waals surface area (Å²) in [4.78, 5) is 80.0. The molecule has 1 saturated heterocycles. The van der Waals surface area contributed by atoms with Gasteiger partial charge >= 0.3 is 12.1 Å². The summed E-state index contributed by atoms with van der Waals surface area (Å²) in [5.41, 5.74) is 7.45. The number of alkyl carbamates (subject to hydrolysis) is 1. The molecule has 5 amide bonds. The van der Waals surface area contributed by atoms with E-state index in [-0.39, 0.29) is 68.8 Å². The number of anilines is 2. The number of nitrogens with one attached hydrogen (secondary N) is 7. The molecule has 10 N–H and O–H groups in total. The molecule has 0 aliphatic carbocycles. The highest BCUT2D eigenvalue weighted by molar-refractivity contribution is 6.02. The van der Waals surface area contributed by atoms with Crippen LogP contribution in [0.25, 0.3) is 0 Å². The van der Waals surface area contributed by atoms with Gasteiger partial charge in [-0.15, -0.1) is 12.4 Å². The van der Waals surface area contributed by atoms with Crippen LogP contribution in [0.4, 0.5) is 16.2 Å². The standard InChI is InChI=1S/C37H44N10O9.ClH/c1-55-27-15-5-22(6-16-27)20-28(44-32(51)24-9-13-26(14-10-24)43-36(40)45-37(54)56-2)33(52)47-19-18-46(21-30(48)49)34(53)29(47)4-3-17-41-31(50)23-7-11-25(12-8-23)42-35(38)39;/h5-16,28-29H,3-4,17-21H2,1-2H3,(H,41,50)(H,44,51)(H,48,49)(H4,38,39,42)(H3,40,43,45,54);1H/t28?,29-;/m0./s1. The van der Waals surface area contributed by atoms with E-state index in [1.165, 1.54) is 41.2 Å². The summed E-state index contributed by atoms with van der Waals surface area (Å²) < 4.78 is 9.72. The van der Waals surface area contributed by atoms with Crippen molar-refractivity contribution in [2.24, 2.45) is 5.73 Å².